The van der Waals surface area contributed by atoms with Crippen molar-refractivity contribution in [3.05, 3.63) is 40.0 Å². The highest BCUT2D eigenvalue weighted by Gasteiger charge is 2.12. The molecule has 11 nitrogen and oxygen atoms in total. The molecule has 0 aliphatic carbocycles. The third-order valence-electron chi connectivity index (χ3n) is 4.30. The molecule has 0 aliphatic heterocycles. The Hall–Kier alpha value is -3.76. The summed E-state index contributed by atoms with van der Waals surface area (Å²) in [5.41, 5.74) is -0.244. The van der Waals surface area contributed by atoms with Gasteiger partial charge in [0, 0.05) is 18.4 Å². The van der Waals surface area contributed by atoms with Crippen molar-refractivity contribution in [2.75, 3.05) is 25.6 Å². The Labute approximate surface area is 177 Å². The van der Waals surface area contributed by atoms with Gasteiger partial charge >= 0.3 is 11.5 Å². The largest absolute Gasteiger partial charge is 0.493 e. The highest BCUT2D eigenvalue weighted by molar-refractivity contribution is 5.91. The zero-order chi connectivity index (χ0) is 22.2. The normalized spacial score (nSPS) is 10.8. The van der Waals surface area contributed by atoms with E-state index in [2.05, 4.69) is 15.1 Å². The fourth-order valence-corrected chi connectivity index (χ4v) is 2.87. The number of unbranched alkanes of at least 4 members (excludes halogenated alkanes) is 3. The molecule has 0 saturated carbocycles. The van der Waals surface area contributed by atoms with Crippen molar-refractivity contribution >= 4 is 22.6 Å². The van der Waals surface area contributed by atoms with Crippen LogP contribution in [0.4, 0.5) is 5.69 Å². The summed E-state index contributed by atoms with van der Waals surface area (Å²) < 4.78 is 26.1. The highest BCUT2D eigenvalue weighted by Crippen LogP contribution is 2.33. The minimum atomic E-state index is -0.642. The number of carbonyl (C=O) groups excluding carboxylic acids is 1. The maximum absolute atomic E-state index is 12.0. The van der Waals surface area contributed by atoms with Crippen LogP contribution in [0.1, 0.15) is 32.6 Å². The van der Waals surface area contributed by atoms with Crippen molar-refractivity contribution in [3.63, 3.8) is 0 Å². The van der Waals surface area contributed by atoms with E-state index in [1.54, 1.807) is 12.1 Å². The summed E-state index contributed by atoms with van der Waals surface area (Å²) in [5.74, 6) is 0.758. The zero-order valence-electron chi connectivity index (χ0n) is 17.2. The Morgan fingerprint density at radius 3 is 2.52 bits per heavy atom. The van der Waals surface area contributed by atoms with Crippen molar-refractivity contribution in [2.45, 2.75) is 32.6 Å². The van der Waals surface area contributed by atoms with Crippen LogP contribution in [0.3, 0.4) is 0 Å². The predicted molar refractivity (Wildman–Crippen MR) is 108 cm³/mol. The average molecular weight is 433 g/mol. The van der Waals surface area contributed by atoms with Gasteiger partial charge in [0.25, 0.3) is 0 Å². The number of anilines is 1. The molecule has 0 unspecified atom stereocenters. The van der Waals surface area contributed by atoms with Crippen molar-refractivity contribution in [2.24, 2.45) is 0 Å². The Kier molecular flexibility index (Phi) is 7.31. The third kappa shape index (κ3) is 6.11. The maximum Gasteiger partial charge on any atom is 0.394 e. The first-order valence-electron chi connectivity index (χ1n) is 9.71. The van der Waals surface area contributed by atoms with Crippen LogP contribution in [-0.4, -0.2) is 31.4 Å². The number of benzene rings is 1. The van der Waals surface area contributed by atoms with Crippen LogP contribution in [-0.2, 0) is 4.79 Å². The lowest BCUT2D eigenvalue weighted by Crippen LogP contribution is -2.20. The van der Waals surface area contributed by atoms with Gasteiger partial charge in [-0.3, -0.25) is 9.42 Å². The van der Waals surface area contributed by atoms with Gasteiger partial charge in [-0.2, -0.15) is 0 Å². The smallest absolute Gasteiger partial charge is 0.394 e. The molecule has 3 rings (SSSR count). The van der Waals surface area contributed by atoms with E-state index in [0.717, 1.165) is 31.9 Å². The van der Waals surface area contributed by atoms with Crippen LogP contribution in [0.15, 0.2) is 38.2 Å². The van der Waals surface area contributed by atoms with E-state index in [1.807, 2.05) is 0 Å². The van der Waals surface area contributed by atoms with Crippen molar-refractivity contribution < 1.29 is 33.0 Å². The summed E-state index contributed by atoms with van der Waals surface area (Å²) in [7, 11) is 1.52. The van der Waals surface area contributed by atoms with E-state index < -0.39 is 5.63 Å². The number of amides is 1. The number of nitrogens with zero attached hydrogens (tertiary/aromatic N) is 2. The number of aromatic nitrogens is 2. The van der Waals surface area contributed by atoms with Crippen LogP contribution in [0.2, 0.25) is 0 Å². The van der Waals surface area contributed by atoms with Gasteiger partial charge in [0.15, 0.2) is 11.5 Å². The molecule has 0 saturated heterocycles. The molecule has 0 bridgehead atoms. The second-order valence-electron chi connectivity index (χ2n) is 6.71. The summed E-state index contributed by atoms with van der Waals surface area (Å²) in [6, 6.07) is 4.82. The highest BCUT2D eigenvalue weighted by atomic mass is 16.8. The molecule has 3 aromatic rings. The SMILES string of the molecule is COc1cc2cc(NC(C)=O)c(=O)oc2cc1OCCCCCCOc1c[n+]([O-])on1. The van der Waals surface area contributed by atoms with E-state index in [-0.39, 0.29) is 22.4 Å². The average Bonchev–Trinajstić information content (AvgIpc) is 3.15. The summed E-state index contributed by atoms with van der Waals surface area (Å²) in [5, 5.41) is 17.2. The van der Waals surface area contributed by atoms with Crippen molar-refractivity contribution in [3.8, 4) is 17.4 Å². The fourth-order valence-electron chi connectivity index (χ4n) is 2.87. The lowest BCUT2D eigenvalue weighted by molar-refractivity contribution is -0.802. The van der Waals surface area contributed by atoms with Gasteiger partial charge in [-0.15, -0.1) is 0 Å². The summed E-state index contributed by atoms with van der Waals surface area (Å²) in [6.07, 6.45) is 4.54. The Morgan fingerprint density at radius 2 is 1.87 bits per heavy atom. The zero-order valence-corrected chi connectivity index (χ0v) is 17.2. The summed E-state index contributed by atoms with van der Waals surface area (Å²) >= 11 is 0. The Morgan fingerprint density at radius 1 is 1.13 bits per heavy atom. The Balaban J connectivity index is 1.49. The van der Waals surface area contributed by atoms with Gasteiger partial charge in [-0.25, -0.2) is 4.79 Å². The van der Waals surface area contributed by atoms with E-state index in [0.29, 0.717) is 35.7 Å². The number of fused-ring (bicyclic) bond motifs is 1. The van der Waals surface area contributed by atoms with Crippen LogP contribution in [0.25, 0.3) is 11.0 Å². The topological polar surface area (TPSA) is 140 Å². The molecule has 31 heavy (non-hydrogen) atoms. The molecule has 2 aromatic heterocycles. The first-order valence-corrected chi connectivity index (χ1v) is 9.71. The van der Waals surface area contributed by atoms with Crippen LogP contribution in [0.5, 0.6) is 17.4 Å². The molecule has 11 heteroatoms. The lowest BCUT2D eigenvalue weighted by atomic mass is 10.2. The molecule has 1 N–H and O–H groups in total. The summed E-state index contributed by atoms with van der Waals surface area (Å²) in [4.78, 5) is 23.5. The van der Waals surface area contributed by atoms with E-state index in [1.165, 1.54) is 20.1 Å². The summed E-state index contributed by atoms with van der Waals surface area (Å²) in [6.45, 7) is 2.20. The molecule has 0 fully saturated rings. The van der Waals surface area contributed by atoms with Crippen molar-refractivity contribution in [1.82, 2.24) is 5.16 Å². The molecule has 0 atom stereocenters. The van der Waals surface area contributed by atoms with Gasteiger partial charge < -0.3 is 29.2 Å². The van der Waals surface area contributed by atoms with E-state index >= 15 is 0 Å². The maximum atomic E-state index is 12.0. The molecule has 166 valence electrons. The molecule has 0 radical (unpaired) electrons. The van der Waals surface area contributed by atoms with Crippen LogP contribution >= 0.6 is 0 Å². The molecule has 1 aromatic carbocycles. The van der Waals surface area contributed by atoms with Gasteiger partial charge in [-0.05, 0) is 42.7 Å². The number of nitrogens with one attached hydrogen (secondary N) is 1. The van der Waals surface area contributed by atoms with Crippen molar-refractivity contribution in [1.29, 1.82) is 0 Å². The number of methoxy groups -OCH3 is 1. The third-order valence-corrected chi connectivity index (χ3v) is 4.30. The van der Waals surface area contributed by atoms with Gasteiger partial charge in [-0.1, -0.05) is 0 Å². The minimum Gasteiger partial charge on any atom is -0.493 e. The quantitative estimate of drug-likeness (QED) is 0.274. The first kappa shape index (κ1) is 21.9. The molecule has 0 aliphatic rings. The van der Waals surface area contributed by atoms with E-state index in [9.17, 15) is 14.8 Å². The van der Waals surface area contributed by atoms with E-state index in [4.69, 9.17) is 18.6 Å². The van der Waals surface area contributed by atoms with Gasteiger partial charge in [0.1, 0.15) is 11.3 Å². The molecule has 1 amide bonds. The number of hydrogen-bond donors (Lipinski definition) is 1. The predicted octanol–water partition coefficient (Wildman–Crippen LogP) is 2.40. The number of ether oxygens (including phenoxy) is 3. The second-order valence-corrected chi connectivity index (χ2v) is 6.71. The van der Waals surface area contributed by atoms with Gasteiger partial charge in [0.2, 0.25) is 12.1 Å². The number of carbonyl (C=O) groups is 1. The monoisotopic (exact) mass is 433 g/mol. The molecular formula is C20H23N3O8. The molecule has 2 heterocycles. The Bertz CT molecular complexity index is 1090. The van der Waals surface area contributed by atoms with Gasteiger partial charge in [0.05, 0.1) is 25.5 Å². The number of rotatable bonds is 11. The van der Waals surface area contributed by atoms with Crippen LogP contribution < -0.4 is 30.1 Å². The second kappa shape index (κ2) is 10.3. The number of hydrogen-bond acceptors (Lipinski definition) is 9. The standard InChI is InChI=1S/C20H23N3O8/c1-13(24)21-15-9-14-10-17(27-2)18(11-16(14)30-20(15)25)28-7-5-3-4-6-8-29-19-12-23(26)31-22-19/h9-12H,3-8H2,1-2H3,(H,21,24). The fraction of sp³-hybridized carbons (Fsp3) is 0.400. The van der Waals surface area contributed by atoms with Crippen LogP contribution in [0, 0.1) is 5.21 Å². The lowest BCUT2D eigenvalue weighted by Gasteiger charge is -2.12. The first-order chi connectivity index (χ1) is 15.0. The molecule has 0 spiro atoms. The minimum absolute atomic E-state index is 0.0653. The molecular weight excluding hydrogens is 410 g/mol.